The number of nitrogens with zero attached hydrogens (tertiary/aromatic N) is 1. The van der Waals surface area contributed by atoms with Crippen molar-refractivity contribution in [3.05, 3.63) is 46.6 Å². The second-order valence-electron chi connectivity index (χ2n) is 4.00. The first-order valence-corrected chi connectivity index (χ1v) is 5.84. The van der Waals surface area contributed by atoms with Crippen LogP contribution in [0.15, 0.2) is 30.5 Å². The first-order chi connectivity index (χ1) is 8.97. The van der Waals surface area contributed by atoms with Gasteiger partial charge in [0.25, 0.3) is 5.91 Å². The molecule has 1 aromatic heterocycles. The molecule has 0 aliphatic rings. The summed E-state index contributed by atoms with van der Waals surface area (Å²) < 4.78 is 5.54. The van der Waals surface area contributed by atoms with E-state index in [-0.39, 0.29) is 11.4 Å². The van der Waals surface area contributed by atoms with Gasteiger partial charge in [-0.1, -0.05) is 11.6 Å². The van der Waals surface area contributed by atoms with Crippen molar-refractivity contribution < 1.29 is 9.53 Å². The molecular formula is C13H12ClN3O2. The summed E-state index contributed by atoms with van der Waals surface area (Å²) in [5, 5.41) is 0.632. The average molecular weight is 278 g/mol. The van der Waals surface area contributed by atoms with E-state index >= 15 is 0 Å². The normalized spacial score (nSPS) is 10.2. The van der Waals surface area contributed by atoms with Crippen molar-refractivity contribution in [2.75, 3.05) is 5.73 Å². The van der Waals surface area contributed by atoms with Crippen LogP contribution in [0.3, 0.4) is 0 Å². The monoisotopic (exact) mass is 277 g/mol. The third-order valence-corrected chi connectivity index (χ3v) is 2.91. The number of pyridine rings is 1. The van der Waals surface area contributed by atoms with E-state index in [2.05, 4.69) is 4.98 Å². The fourth-order valence-electron chi connectivity index (χ4n) is 1.52. The predicted molar refractivity (Wildman–Crippen MR) is 73.4 cm³/mol. The molecule has 6 heteroatoms. The minimum atomic E-state index is -0.652. The number of hydrogen-bond donors (Lipinski definition) is 2. The largest absolute Gasteiger partial charge is 0.438 e. The Morgan fingerprint density at radius 1 is 1.37 bits per heavy atom. The maximum Gasteiger partial charge on any atom is 0.254 e. The smallest absolute Gasteiger partial charge is 0.254 e. The molecule has 5 nitrogen and oxygen atoms in total. The average Bonchev–Trinajstić information content (AvgIpc) is 2.36. The maximum atomic E-state index is 11.3. The van der Waals surface area contributed by atoms with Gasteiger partial charge in [-0.2, -0.15) is 0 Å². The summed E-state index contributed by atoms with van der Waals surface area (Å²) in [6.45, 7) is 1.85. The molecular weight excluding hydrogens is 266 g/mol. The van der Waals surface area contributed by atoms with Crippen molar-refractivity contribution in [1.29, 1.82) is 0 Å². The summed E-state index contributed by atoms with van der Waals surface area (Å²) >= 11 is 5.92. The molecule has 1 amide bonds. The summed E-state index contributed by atoms with van der Waals surface area (Å²) in [5.74, 6) is -0.0226. The summed E-state index contributed by atoms with van der Waals surface area (Å²) in [5.41, 5.74) is 12.1. The highest BCUT2D eigenvalue weighted by molar-refractivity contribution is 6.31. The number of amides is 1. The third kappa shape index (κ3) is 2.95. The van der Waals surface area contributed by atoms with E-state index in [1.54, 1.807) is 18.2 Å². The molecule has 0 aliphatic heterocycles. The van der Waals surface area contributed by atoms with Gasteiger partial charge in [0.15, 0.2) is 0 Å². The molecule has 2 aromatic rings. The van der Waals surface area contributed by atoms with Gasteiger partial charge < -0.3 is 16.2 Å². The molecule has 0 bridgehead atoms. The van der Waals surface area contributed by atoms with Crippen LogP contribution in [0, 0.1) is 6.92 Å². The third-order valence-electron chi connectivity index (χ3n) is 2.48. The second kappa shape index (κ2) is 5.16. The standard InChI is InChI=1S/C13H12ClN3O2/c1-7-4-9(2-3-11(7)14)19-13-10(12(16)18)5-8(15)6-17-13/h2-6H,15H2,1H3,(H2,16,18). The SMILES string of the molecule is Cc1cc(Oc2ncc(N)cc2C(N)=O)ccc1Cl. The Morgan fingerprint density at radius 3 is 2.74 bits per heavy atom. The number of hydrogen-bond acceptors (Lipinski definition) is 4. The van der Waals surface area contributed by atoms with Crippen molar-refractivity contribution in [3.63, 3.8) is 0 Å². The minimum absolute atomic E-state index is 0.114. The molecule has 0 aliphatic carbocycles. The number of ether oxygens (including phenoxy) is 1. The van der Waals surface area contributed by atoms with Crippen LogP contribution in [0.5, 0.6) is 11.6 Å². The first kappa shape index (κ1) is 13.2. The van der Waals surface area contributed by atoms with Gasteiger partial charge in [0, 0.05) is 5.02 Å². The molecule has 0 radical (unpaired) electrons. The lowest BCUT2D eigenvalue weighted by molar-refractivity contribution is 0.0997. The topological polar surface area (TPSA) is 91.2 Å². The lowest BCUT2D eigenvalue weighted by atomic mass is 10.2. The Labute approximate surface area is 115 Å². The number of carbonyl (C=O) groups excluding carboxylic acids is 1. The number of primary amides is 1. The van der Waals surface area contributed by atoms with Crippen molar-refractivity contribution >= 4 is 23.2 Å². The van der Waals surface area contributed by atoms with Gasteiger partial charge in [-0.05, 0) is 36.8 Å². The number of benzene rings is 1. The van der Waals surface area contributed by atoms with Gasteiger partial charge in [-0.15, -0.1) is 0 Å². The van der Waals surface area contributed by atoms with Gasteiger partial charge in [0.2, 0.25) is 5.88 Å². The molecule has 1 aromatic carbocycles. The number of carbonyl (C=O) groups is 1. The molecule has 98 valence electrons. The van der Waals surface area contributed by atoms with Gasteiger partial charge in [0.1, 0.15) is 11.3 Å². The lowest BCUT2D eigenvalue weighted by Gasteiger charge is -2.09. The van der Waals surface area contributed by atoms with Crippen LogP contribution in [0.2, 0.25) is 5.02 Å². The van der Waals surface area contributed by atoms with Gasteiger partial charge in [-0.25, -0.2) is 4.98 Å². The number of nitrogens with two attached hydrogens (primary N) is 2. The van der Waals surface area contributed by atoms with Crippen LogP contribution in [0.25, 0.3) is 0 Å². The maximum absolute atomic E-state index is 11.3. The number of rotatable bonds is 3. The zero-order valence-electron chi connectivity index (χ0n) is 10.2. The van der Waals surface area contributed by atoms with Crippen molar-refractivity contribution in [1.82, 2.24) is 4.98 Å². The molecule has 4 N–H and O–H groups in total. The van der Waals surface area contributed by atoms with Gasteiger partial charge in [-0.3, -0.25) is 4.79 Å². The Balaban J connectivity index is 2.37. The van der Waals surface area contributed by atoms with Crippen LogP contribution >= 0.6 is 11.6 Å². The second-order valence-corrected chi connectivity index (χ2v) is 4.41. The number of nitrogen functional groups attached to an aromatic ring is 1. The zero-order valence-corrected chi connectivity index (χ0v) is 10.9. The van der Waals surface area contributed by atoms with Gasteiger partial charge >= 0.3 is 0 Å². The summed E-state index contributed by atoms with van der Waals surface area (Å²) in [6.07, 6.45) is 1.39. The fraction of sp³-hybridized carbons (Fsp3) is 0.0769. The molecule has 0 saturated heterocycles. The van der Waals surface area contributed by atoms with Crippen molar-refractivity contribution in [2.24, 2.45) is 5.73 Å². The highest BCUT2D eigenvalue weighted by atomic mass is 35.5. The number of aromatic nitrogens is 1. The molecule has 19 heavy (non-hydrogen) atoms. The van der Waals surface area contributed by atoms with Crippen molar-refractivity contribution in [3.8, 4) is 11.6 Å². The minimum Gasteiger partial charge on any atom is -0.438 e. The number of aryl methyl sites for hydroxylation is 1. The molecule has 0 spiro atoms. The summed E-state index contributed by atoms with van der Waals surface area (Å²) in [4.78, 5) is 15.3. The van der Waals surface area contributed by atoms with E-state index in [4.69, 9.17) is 27.8 Å². The van der Waals surface area contributed by atoms with E-state index in [1.165, 1.54) is 12.3 Å². The van der Waals surface area contributed by atoms with Gasteiger partial charge in [0.05, 0.1) is 11.9 Å². The van der Waals surface area contributed by atoms with E-state index in [1.807, 2.05) is 6.92 Å². The van der Waals surface area contributed by atoms with Crippen molar-refractivity contribution in [2.45, 2.75) is 6.92 Å². The highest BCUT2D eigenvalue weighted by Gasteiger charge is 2.13. The molecule has 0 fully saturated rings. The molecule has 1 heterocycles. The molecule has 0 saturated carbocycles. The van der Waals surface area contributed by atoms with Crippen LogP contribution in [-0.2, 0) is 0 Å². The summed E-state index contributed by atoms with van der Waals surface area (Å²) in [7, 11) is 0. The summed E-state index contributed by atoms with van der Waals surface area (Å²) in [6, 6.07) is 6.55. The predicted octanol–water partition coefficient (Wildman–Crippen LogP) is 2.52. The van der Waals surface area contributed by atoms with E-state index in [9.17, 15) is 4.79 Å². The van der Waals surface area contributed by atoms with Crippen LogP contribution in [0.1, 0.15) is 15.9 Å². The molecule has 2 rings (SSSR count). The van der Waals surface area contributed by atoms with E-state index < -0.39 is 5.91 Å². The Hall–Kier alpha value is -2.27. The molecule has 0 unspecified atom stereocenters. The quantitative estimate of drug-likeness (QED) is 0.902. The van der Waals surface area contributed by atoms with E-state index in [0.29, 0.717) is 16.5 Å². The number of anilines is 1. The number of halogens is 1. The molecule has 0 atom stereocenters. The zero-order chi connectivity index (χ0) is 14.0. The fourth-order valence-corrected chi connectivity index (χ4v) is 1.64. The highest BCUT2D eigenvalue weighted by Crippen LogP contribution is 2.27. The van der Waals surface area contributed by atoms with E-state index in [0.717, 1.165) is 5.56 Å². The Morgan fingerprint density at radius 2 is 2.11 bits per heavy atom. The Kier molecular flexibility index (Phi) is 3.57. The van der Waals surface area contributed by atoms with Crippen LogP contribution < -0.4 is 16.2 Å². The Bertz CT molecular complexity index is 644. The first-order valence-electron chi connectivity index (χ1n) is 5.46. The lowest BCUT2D eigenvalue weighted by Crippen LogP contribution is -2.13. The van der Waals surface area contributed by atoms with Crippen LogP contribution in [-0.4, -0.2) is 10.9 Å². The van der Waals surface area contributed by atoms with Crippen LogP contribution in [0.4, 0.5) is 5.69 Å².